The summed E-state index contributed by atoms with van der Waals surface area (Å²) in [7, 11) is 3.65. The number of aryl methyl sites for hydroxylation is 1. The molecule has 0 unspecified atom stereocenters. The number of methoxy groups -OCH3 is 1. The minimum Gasteiger partial charge on any atom is -0.504 e. The first-order chi connectivity index (χ1) is 26.1. The number of para-hydroxylation sites is 1. The summed E-state index contributed by atoms with van der Waals surface area (Å²) < 4.78 is 31.4. The Balaban J connectivity index is 1.23. The molecule has 0 amide bonds. The van der Waals surface area contributed by atoms with Crippen LogP contribution in [0, 0.1) is 32.1 Å². The summed E-state index contributed by atoms with van der Waals surface area (Å²) >= 11 is 1.65. The summed E-state index contributed by atoms with van der Waals surface area (Å²) in [5.41, 5.74) is 13.4. The highest BCUT2D eigenvalue weighted by Gasteiger charge is 2.62. The fraction of sp³-hybridized carbons (Fsp3) is 0.463. The number of benzene rings is 3. The fourth-order valence-electron chi connectivity index (χ4n) is 10.7. The van der Waals surface area contributed by atoms with E-state index in [0.29, 0.717) is 48.0 Å². The lowest BCUT2D eigenvalue weighted by Gasteiger charge is -2.62. The largest absolute Gasteiger partial charge is 0.504 e. The molecule has 2 fully saturated rings. The number of aromatic hydroxyl groups is 1. The number of thioether (sulfide) groups is 1. The second kappa shape index (κ2) is 12.0. The average molecular weight is 750 g/mol. The molecular formula is C41H43N5O7S. The lowest BCUT2D eigenvalue weighted by molar-refractivity contribution is -0.158. The van der Waals surface area contributed by atoms with Crippen LogP contribution < -0.4 is 25.3 Å². The second-order valence-corrected chi connectivity index (χ2v) is 16.8. The minimum atomic E-state index is -1.34. The molecule has 4 bridgehead atoms. The van der Waals surface area contributed by atoms with Crippen molar-refractivity contribution in [3.05, 3.63) is 80.6 Å². The Kier molecular flexibility index (Phi) is 7.59. The van der Waals surface area contributed by atoms with Crippen LogP contribution in [-0.4, -0.2) is 84.9 Å². The van der Waals surface area contributed by atoms with Crippen molar-refractivity contribution < 1.29 is 33.3 Å². The standard InChI is InChI=1S/C41H43N5O7S/c1-18-10-21-11-25-26(14-43)46-27-15-50-40(48)41(39-24(12-22(13-42)44-41)23-8-6-7-9-28(23)53-39)16-54-38(29-19(2)20(3)36-37(31(27)29)52-17-51-36)33(46)32(45(25)4)30(21)34(47)35(18)49-5/h6-10,22,25-27,32-33,38,44,47H,11-13,15-17,42H2,1-5H3/t22-,25+,26+,27+,32-,33-,38-,41-/m1/s1. The number of likely N-dealkylation sites (N-methyl/N-ethyl adjacent to an activating group) is 1. The number of hydrogen-bond acceptors (Lipinski definition) is 13. The molecule has 4 N–H and O–H groups in total. The molecule has 13 heteroatoms. The molecule has 11 rings (SSSR count). The zero-order chi connectivity index (χ0) is 37.4. The molecule has 280 valence electrons. The molecule has 8 atom stereocenters. The summed E-state index contributed by atoms with van der Waals surface area (Å²) in [6, 6.07) is 10.5. The monoisotopic (exact) mass is 749 g/mol. The summed E-state index contributed by atoms with van der Waals surface area (Å²) in [6.07, 6.45) is 1.18. The average Bonchev–Trinajstić information content (AvgIpc) is 3.81. The highest BCUT2D eigenvalue weighted by molar-refractivity contribution is 7.99. The van der Waals surface area contributed by atoms with Crippen LogP contribution in [-0.2, 0) is 27.9 Å². The molecule has 8 heterocycles. The molecule has 12 nitrogen and oxygen atoms in total. The number of hydrogen-bond donors (Lipinski definition) is 3. The third-order valence-corrected chi connectivity index (χ3v) is 14.6. The Bertz CT molecular complexity index is 2320. The number of phenolic OH excluding ortho intramolecular Hbond substituents is 1. The molecule has 1 spiro atoms. The Morgan fingerprint density at radius 1 is 1.11 bits per heavy atom. The highest BCUT2D eigenvalue weighted by Crippen LogP contribution is 2.63. The zero-order valence-corrected chi connectivity index (χ0v) is 31.7. The summed E-state index contributed by atoms with van der Waals surface area (Å²) in [5.74, 6) is 2.30. The molecule has 2 saturated heterocycles. The number of ether oxygens (including phenoxy) is 4. The van der Waals surface area contributed by atoms with E-state index >= 15 is 0 Å². The Morgan fingerprint density at radius 3 is 2.69 bits per heavy atom. The smallest absolute Gasteiger partial charge is 0.335 e. The number of fused-ring (bicyclic) bond motifs is 11. The van der Waals surface area contributed by atoms with E-state index in [1.54, 1.807) is 18.9 Å². The van der Waals surface area contributed by atoms with Crippen molar-refractivity contribution in [2.45, 2.75) is 80.7 Å². The number of nitrogens with one attached hydrogen (secondary N) is 1. The van der Waals surface area contributed by atoms with Crippen molar-refractivity contribution in [2.24, 2.45) is 5.73 Å². The van der Waals surface area contributed by atoms with Crippen LogP contribution in [0.4, 0.5) is 0 Å². The first-order valence-corrected chi connectivity index (χ1v) is 19.7. The lowest BCUT2D eigenvalue weighted by Crippen LogP contribution is -2.69. The van der Waals surface area contributed by atoms with Gasteiger partial charge < -0.3 is 34.2 Å². The fourth-order valence-corrected chi connectivity index (χ4v) is 12.4. The Morgan fingerprint density at radius 2 is 1.91 bits per heavy atom. The van der Waals surface area contributed by atoms with Gasteiger partial charge in [-0.3, -0.25) is 15.1 Å². The van der Waals surface area contributed by atoms with Crippen LogP contribution in [0.1, 0.15) is 67.6 Å². The molecule has 3 aromatic carbocycles. The van der Waals surface area contributed by atoms with Gasteiger partial charge in [0.2, 0.25) is 6.79 Å². The van der Waals surface area contributed by atoms with Gasteiger partial charge >= 0.3 is 5.97 Å². The van der Waals surface area contributed by atoms with Crippen molar-refractivity contribution >= 4 is 28.7 Å². The van der Waals surface area contributed by atoms with Crippen LogP contribution in [0.5, 0.6) is 23.0 Å². The van der Waals surface area contributed by atoms with E-state index in [0.717, 1.165) is 49.9 Å². The molecule has 7 aliphatic rings. The van der Waals surface area contributed by atoms with Crippen LogP contribution >= 0.6 is 11.8 Å². The number of furan rings is 1. The molecule has 54 heavy (non-hydrogen) atoms. The van der Waals surface area contributed by atoms with Gasteiger partial charge in [-0.1, -0.05) is 24.3 Å². The van der Waals surface area contributed by atoms with E-state index in [-0.39, 0.29) is 54.3 Å². The van der Waals surface area contributed by atoms with Gasteiger partial charge in [0.15, 0.2) is 28.5 Å². The Labute approximate surface area is 317 Å². The lowest BCUT2D eigenvalue weighted by atomic mass is 9.71. The van der Waals surface area contributed by atoms with Crippen molar-refractivity contribution in [1.29, 1.82) is 5.26 Å². The molecule has 0 aliphatic carbocycles. The van der Waals surface area contributed by atoms with Gasteiger partial charge in [0.1, 0.15) is 24.0 Å². The van der Waals surface area contributed by atoms with E-state index in [9.17, 15) is 15.2 Å². The van der Waals surface area contributed by atoms with Gasteiger partial charge in [-0.15, -0.1) is 11.8 Å². The number of piperazine rings is 1. The Hall–Kier alpha value is -4.45. The number of rotatable bonds is 2. The van der Waals surface area contributed by atoms with Gasteiger partial charge in [0.25, 0.3) is 0 Å². The molecule has 1 aromatic heterocycles. The number of carbonyl (C=O) groups is 1. The number of nitrogens with two attached hydrogens (primary N) is 1. The van der Waals surface area contributed by atoms with E-state index in [2.05, 4.69) is 48.1 Å². The zero-order valence-electron chi connectivity index (χ0n) is 30.9. The topological polar surface area (TPSA) is 156 Å². The van der Waals surface area contributed by atoms with Crippen LogP contribution in [0.25, 0.3) is 11.0 Å². The van der Waals surface area contributed by atoms with Crippen LogP contribution in [0.3, 0.4) is 0 Å². The summed E-state index contributed by atoms with van der Waals surface area (Å²) in [5, 5.41) is 27.5. The maximum atomic E-state index is 14.9. The maximum Gasteiger partial charge on any atom is 0.335 e. The van der Waals surface area contributed by atoms with E-state index < -0.39 is 23.6 Å². The van der Waals surface area contributed by atoms with Gasteiger partial charge in [-0.05, 0) is 74.5 Å². The first kappa shape index (κ1) is 34.1. The number of nitrogens with zero attached hydrogens (tertiary/aromatic N) is 3. The number of phenols is 1. The van der Waals surface area contributed by atoms with Crippen molar-refractivity contribution in [3.8, 4) is 29.1 Å². The third-order valence-electron chi connectivity index (χ3n) is 13.2. The van der Waals surface area contributed by atoms with Gasteiger partial charge in [-0.25, -0.2) is 4.79 Å². The molecular weight excluding hydrogens is 707 g/mol. The summed E-state index contributed by atoms with van der Waals surface area (Å²) in [6.45, 7) is 6.49. The number of esters is 1. The molecule has 0 saturated carbocycles. The van der Waals surface area contributed by atoms with Gasteiger partial charge in [0, 0.05) is 57.7 Å². The van der Waals surface area contributed by atoms with Crippen LogP contribution in [0.15, 0.2) is 34.7 Å². The normalized spacial score (nSPS) is 31.0. The highest BCUT2D eigenvalue weighted by atomic mass is 32.2. The van der Waals surface area contributed by atoms with Crippen molar-refractivity contribution in [1.82, 2.24) is 15.1 Å². The molecule has 4 aromatic rings. The van der Waals surface area contributed by atoms with Crippen LogP contribution in [0.2, 0.25) is 0 Å². The van der Waals surface area contributed by atoms with Crippen molar-refractivity contribution in [3.63, 3.8) is 0 Å². The van der Waals surface area contributed by atoms with Crippen molar-refractivity contribution in [2.75, 3.05) is 39.9 Å². The second-order valence-electron chi connectivity index (χ2n) is 15.6. The van der Waals surface area contributed by atoms with E-state index in [4.69, 9.17) is 29.1 Å². The van der Waals surface area contributed by atoms with Gasteiger partial charge in [-0.2, -0.15) is 5.26 Å². The minimum absolute atomic E-state index is 0.0400. The molecule has 7 aliphatic heterocycles. The predicted molar refractivity (Wildman–Crippen MR) is 201 cm³/mol. The molecule has 0 radical (unpaired) electrons. The SMILES string of the molecule is COc1c(C)cc2c(c1O)[C@@H]1[C@@H]3[C@@H]4SC[C@]5(N[C@@H](CN)Cc6c5oc5ccccc65)C(=O)OC[C@@H](c5c6c(c(C)c(C)c54)OCO6)N3[C@@H](C#N)[C@H](C2)N1C. The predicted octanol–water partition coefficient (Wildman–Crippen LogP) is 4.73. The van der Waals surface area contributed by atoms with Gasteiger partial charge in [0.05, 0.1) is 25.3 Å². The van der Waals surface area contributed by atoms with E-state index in [1.807, 2.05) is 31.2 Å². The summed E-state index contributed by atoms with van der Waals surface area (Å²) in [4.78, 5) is 19.5. The van der Waals surface area contributed by atoms with E-state index in [1.165, 1.54) is 0 Å². The quantitative estimate of drug-likeness (QED) is 0.242. The first-order valence-electron chi connectivity index (χ1n) is 18.6. The number of nitriles is 1. The third kappa shape index (κ3) is 4.31. The number of carbonyl (C=O) groups excluding carboxylic acids is 1. The maximum absolute atomic E-state index is 14.9.